The molecule has 0 saturated carbocycles. The monoisotopic (exact) mass is 740 g/mol. The number of hydrogen-bond donors (Lipinski definition) is 2. The first-order valence-corrected chi connectivity index (χ1v) is 22.1. The summed E-state index contributed by atoms with van der Waals surface area (Å²) in [6.45, 7) is 4.80. The van der Waals surface area contributed by atoms with Crippen LogP contribution in [0.2, 0.25) is 0 Å². The van der Waals surface area contributed by atoms with E-state index in [9.17, 15) is 14.3 Å². The lowest BCUT2D eigenvalue weighted by atomic mass is 10.1. The van der Waals surface area contributed by atoms with Gasteiger partial charge in [0, 0.05) is 19.6 Å². The van der Waals surface area contributed by atoms with Crippen LogP contribution in [0.15, 0.2) is 48.6 Å². The molecule has 2 atom stereocenters. The van der Waals surface area contributed by atoms with Gasteiger partial charge in [-0.15, -0.1) is 0 Å². The van der Waals surface area contributed by atoms with Crippen LogP contribution in [0.3, 0.4) is 0 Å². The van der Waals surface area contributed by atoms with Gasteiger partial charge in [-0.25, -0.2) is 4.57 Å². The number of phosphoric acid groups is 1. The Morgan fingerprint density at radius 1 is 0.588 bits per heavy atom. The van der Waals surface area contributed by atoms with Gasteiger partial charge in [0.25, 0.3) is 0 Å². The highest BCUT2D eigenvalue weighted by molar-refractivity contribution is 7.47. The molecule has 8 nitrogen and oxygen atoms in total. The highest BCUT2D eigenvalue weighted by Crippen LogP contribution is 2.43. The third-order valence-corrected chi connectivity index (χ3v) is 9.43. The van der Waals surface area contributed by atoms with Gasteiger partial charge >= 0.3 is 13.8 Å². The SMILES string of the molecule is CCC/C=C\CCCCCCCC(=O)OC(COCCCCCCCCC/C=C\C/C=C\C/C=C\CCCCCCC)COP(=O)(O)OCCN. The van der Waals surface area contributed by atoms with Gasteiger partial charge in [0.15, 0.2) is 0 Å². The predicted molar refractivity (Wildman–Crippen MR) is 215 cm³/mol. The molecule has 2 unspecified atom stereocenters. The van der Waals surface area contributed by atoms with E-state index in [4.69, 9.17) is 24.3 Å². The van der Waals surface area contributed by atoms with Crippen LogP contribution in [0.1, 0.15) is 174 Å². The molecular weight excluding hydrogens is 661 g/mol. The first-order chi connectivity index (χ1) is 24.9. The van der Waals surface area contributed by atoms with Crippen molar-refractivity contribution in [3.63, 3.8) is 0 Å². The molecule has 0 amide bonds. The molecule has 0 spiro atoms. The Bertz CT molecular complexity index is 921. The second kappa shape index (κ2) is 39.7. The lowest BCUT2D eigenvalue weighted by molar-refractivity contribution is -0.154. The number of carbonyl (C=O) groups is 1. The third kappa shape index (κ3) is 39.5. The molecule has 3 N–H and O–H groups in total. The molecule has 0 aromatic heterocycles. The Labute approximate surface area is 313 Å². The van der Waals surface area contributed by atoms with E-state index in [-0.39, 0.29) is 32.3 Å². The smallest absolute Gasteiger partial charge is 0.457 e. The van der Waals surface area contributed by atoms with Crippen molar-refractivity contribution >= 4 is 13.8 Å². The van der Waals surface area contributed by atoms with Crippen molar-refractivity contribution in [2.75, 3.05) is 33.0 Å². The summed E-state index contributed by atoms with van der Waals surface area (Å²) in [5.74, 6) is -0.348. The second-order valence-corrected chi connectivity index (χ2v) is 14.9. The molecule has 0 aliphatic carbocycles. The largest absolute Gasteiger partial charge is 0.472 e. The molecule has 0 saturated heterocycles. The first-order valence-electron chi connectivity index (χ1n) is 20.6. The fraction of sp³-hybridized carbons (Fsp3) is 0.786. The van der Waals surface area contributed by atoms with E-state index >= 15 is 0 Å². The Kier molecular flexibility index (Phi) is 38.5. The molecule has 0 fully saturated rings. The van der Waals surface area contributed by atoms with Crippen LogP contribution in [0.25, 0.3) is 0 Å². The number of esters is 1. The number of ether oxygens (including phenoxy) is 2. The fourth-order valence-electron chi connectivity index (χ4n) is 5.42. The second-order valence-electron chi connectivity index (χ2n) is 13.5. The van der Waals surface area contributed by atoms with Crippen molar-refractivity contribution in [1.29, 1.82) is 0 Å². The van der Waals surface area contributed by atoms with Gasteiger partial charge in [-0.2, -0.15) is 0 Å². The van der Waals surface area contributed by atoms with Crippen molar-refractivity contribution in [1.82, 2.24) is 0 Å². The minimum absolute atomic E-state index is 0.0956. The van der Waals surface area contributed by atoms with Crippen molar-refractivity contribution in [2.45, 2.75) is 180 Å². The van der Waals surface area contributed by atoms with Crippen LogP contribution < -0.4 is 5.73 Å². The highest BCUT2D eigenvalue weighted by Gasteiger charge is 2.25. The van der Waals surface area contributed by atoms with Crippen LogP contribution in [0.4, 0.5) is 0 Å². The zero-order valence-corrected chi connectivity index (χ0v) is 33.7. The van der Waals surface area contributed by atoms with E-state index in [1.165, 1.54) is 83.5 Å². The summed E-state index contributed by atoms with van der Waals surface area (Å²) in [6, 6.07) is 0. The van der Waals surface area contributed by atoms with Crippen LogP contribution in [0.5, 0.6) is 0 Å². The van der Waals surface area contributed by atoms with E-state index in [1.807, 2.05) is 0 Å². The van der Waals surface area contributed by atoms with Crippen LogP contribution >= 0.6 is 7.82 Å². The van der Waals surface area contributed by atoms with E-state index in [0.717, 1.165) is 70.6 Å². The molecule has 0 aromatic carbocycles. The zero-order valence-electron chi connectivity index (χ0n) is 32.8. The Hall–Kier alpha value is -1.54. The van der Waals surface area contributed by atoms with Gasteiger partial charge in [-0.05, 0) is 70.6 Å². The normalized spacial score (nSPS) is 14.0. The van der Waals surface area contributed by atoms with E-state index in [0.29, 0.717) is 13.0 Å². The maximum absolute atomic E-state index is 12.5. The summed E-state index contributed by atoms with van der Waals surface area (Å²) in [5.41, 5.74) is 5.35. The summed E-state index contributed by atoms with van der Waals surface area (Å²) < 4.78 is 33.3. The topological polar surface area (TPSA) is 117 Å². The van der Waals surface area contributed by atoms with E-state index in [1.54, 1.807) is 0 Å². The standard InChI is InChI=1S/C42H78NO7P/c1-3-5-7-9-11-13-15-16-17-18-19-20-21-22-23-24-25-26-28-30-32-34-37-47-39-41(40-49-51(45,46)48-38-36-43)50-42(44)35-33-31-29-27-14-12-10-8-6-4-2/h8,10,15-16,18-19,21-22,41H,3-7,9,11-14,17,20,23-40,43H2,1-2H3,(H,45,46)/b10-8-,16-15-,19-18-,22-21-. The zero-order chi connectivity index (χ0) is 37.4. The molecule has 51 heavy (non-hydrogen) atoms. The predicted octanol–water partition coefficient (Wildman–Crippen LogP) is 12.0. The van der Waals surface area contributed by atoms with Gasteiger partial charge in [-0.1, -0.05) is 146 Å². The minimum Gasteiger partial charge on any atom is -0.457 e. The molecule has 298 valence electrons. The molecule has 0 aliphatic heterocycles. The summed E-state index contributed by atoms with van der Waals surface area (Å²) in [5, 5.41) is 0. The average Bonchev–Trinajstić information content (AvgIpc) is 3.12. The van der Waals surface area contributed by atoms with Crippen LogP contribution in [-0.4, -0.2) is 49.9 Å². The van der Waals surface area contributed by atoms with Gasteiger partial charge in [-0.3, -0.25) is 13.8 Å². The number of rotatable bonds is 39. The number of unbranched alkanes of at least 4 members (excludes halogenated alkanes) is 18. The van der Waals surface area contributed by atoms with Gasteiger partial charge < -0.3 is 20.1 Å². The van der Waals surface area contributed by atoms with Crippen molar-refractivity contribution in [3.8, 4) is 0 Å². The van der Waals surface area contributed by atoms with Crippen molar-refractivity contribution in [2.24, 2.45) is 5.73 Å². The van der Waals surface area contributed by atoms with Gasteiger partial charge in [0.2, 0.25) is 0 Å². The Morgan fingerprint density at radius 3 is 1.65 bits per heavy atom. The van der Waals surface area contributed by atoms with Crippen LogP contribution in [-0.2, 0) is 27.9 Å². The minimum atomic E-state index is -4.28. The molecule has 0 aromatic rings. The third-order valence-electron chi connectivity index (χ3n) is 8.45. The van der Waals surface area contributed by atoms with Crippen LogP contribution in [0, 0.1) is 0 Å². The maximum atomic E-state index is 12.5. The number of allylic oxidation sites excluding steroid dienone is 8. The molecule has 0 radical (unpaired) electrons. The molecular formula is C42H78NO7P. The van der Waals surface area contributed by atoms with Gasteiger partial charge in [0.05, 0.1) is 19.8 Å². The quantitative estimate of drug-likeness (QED) is 0.0277. The summed E-state index contributed by atoms with van der Waals surface area (Å²) in [6.07, 6.45) is 45.6. The Balaban J connectivity index is 4.01. The molecule has 9 heteroatoms. The fourth-order valence-corrected chi connectivity index (χ4v) is 6.18. The lowest BCUT2D eigenvalue weighted by Crippen LogP contribution is -2.28. The number of carbonyl (C=O) groups excluding carboxylic acids is 1. The average molecular weight is 740 g/mol. The molecule has 0 aliphatic rings. The highest BCUT2D eigenvalue weighted by atomic mass is 31.2. The van der Waals surface area contributed by atoms with E-state index < -0.39 is 13.9 Å². The Morgan fingerprint density at radius 2 is 1.08 bits per heavy atom. The van der Waals surface area contributed by atoms with Crippen molar-refractivity contribution < 1.29 is 32.8 Å². The summed E-state index contributed by atoms with van der Waals surface area (Å²) in [7, 11) is -4.28. The van der Waals surface area contributed by atoms with Gasteiger partial charge in [0.1, 0.15) is 6.10 Å². The molecule has 0 rings (SSSR count). The first kappa shape index (κ1) is 49.5. The molecule has 0 bridgehead atoms. The summed E-state index contributed by atoms with van der Waals surface area (Å²) in [4.78, 5) is 22.3. The maximum Gasteiger partial charge on any atom is 0.472 e. The number of hydrogen-bond acceptors (Lipinski definition) is 7. The van der Waals surface area contributed by atoms with Crippen molar-refractivity contribution in [3.05, 3.63) is 48.6 Å². The number of phosphoric ester groups is 1. The van der Waals surface area contributed by atoms with E-state index in [2.05, 4.69) is 62.5 Å². The number of nitrogens with two attached hydrogens (primary N) is 1. The summed E-state index contributed by atoms with van der Waals surface area (Å²) >= 11 is 0. The molecule has 0 heterocycles. The lowest BCUT2D eigenvalue weighted by Gasteiger charge is -2.20.